The van der Waals surface area contributed by atoms with Crippen molar-refractivity contribution in [2.75, 3.05) is 36.5 Å². The van der Waals surface area contributed by atoms with Gasteiger partial charge in [-0.05, 0) is 22.4 Å². The van der Waals surface area contributed by atoms with Crippen LogP contribution in [0.25, 0.3) is 11.0 Å². The number of morpholine rings is 1. The van der Waals surface area contributed by atoms with Gasteiger partial charge in [-0.3, -0.25) is 9.59 Å². The van der Waals surface area contributed by atoms with Gasteiger partial charge in [0.1, 0.15) is 5.92 Å². The Morgan fingerprint density at radius 2 is 1.79 bits per heavy atom. The van der Waals surface area contributed by atoms with Crippen molar-refractivity contribution in [3.63, 3.8) is 0 Å². The molecule has 1 aromatic carbocycles. The minimum atomic E-state index is -1.05. The van der Waals surface area contributed by atoms with E-state index in [4.69, 9.17) is 14.1 Å². The molecule has 3 aliphatic heterocycles. The Balaban J connectivity index is 1.43. The predicted octanol–water partition coefficient (Wildman–Crippen LogP) is 0.652. The number of aromatic nitrogens is 2. The zero-order valence-electron chi connectivity index (χ0n) is 14.8. The molecule has 0 spiro atoms. The highest BCUT2D eigenvalue weighted by Crippen LogP contribution is 2.40. The number of carboxylic acid groups (broad SMARTS) is 1. The molecule has 4 heterocycles. The number of aliphatic carboxylic acids is 1. The summed E-state index contributed by atoms with van der Waals surface area (Å²) in [5.74, 6) is -3.18. The van der Waals surface area contributed by atoms with Crippen molar-refractivity contribution in [1.29, 1.82) is 0 Å². The molecule has 0 aliphatic carbocycles. The van der Waals surface area contributed by atoms with E-state index in [9.17, 15) is 14.7 Å². The van der Waals surface area contributed by atoms with E-state index in [0.29, 0.717) is 29.9 Å². The highest BCUT2D eigenvalue weighted by Gasteiger charge is 2.53. The van der Waals surface area contributed by atoms with Crippen LogP contribution >= 0.6 is 0 Å². The second-order valence-electron chi connectivity index (χ2n) is 7.02. The SMILES string of the molecule is O=C(O)[C@@H]1[C@H](C(=O)Nc2ccc(N3CCOCC3)c3nonc23)[C@H]2C=C[C@@H]1O2. The second-order valence-corrected chi connectivity index (χ2v) is 7.02. The fourth-order valence-electron chi connectivity index (χ4n) is 4.14. The molecule has 10 heteroatoms. The number of nitrogens with one attached hydrogen (secondary N) is 1. The van der Waals surface area contributed by atoms with Crippen LogP contribution in [0.5, 0.6) is 0 Å². The van der Waals surface area contributed by atoms with E-state index in [1.807, 2.05) is 6.07 Å². The number of carboxylic acids is 1. The molecule has 2 bridgehead atoms. The molecule has 3 aliphatic rings. The first-order valence-corrected chi connectivity index (χ1v) is 9.09. The largest absolute Gasteiger partial charge is 0.481 e. The fourth-order valence-corrected chi connectivity index (χ4v) is 4.14. The highest BCUT2D eigenvalue weighted by molar-refractivity contribution is 6.04. The molecule has 28 heavy (non-hydrogen) atoms. The van der Waals surface area contributed by atoms with Crippen molar-refractivity contribution in [3.8, 4) is 0 Å². The zero-order valence-corrected chi connectivity index (χ0v) is 14.8. The number of rotatable bonds is 4. The van der Waals surface area contributed by atoms with Gasteiger partial charge in [-0.25, -0.2) is 4.63 Å². The molecule has 1 amide bonds. The van der Waals surface area contributed by atoms with Gasteiger partial charge < -0.3 is 24.8 Å². The second kappa shape index (κ2) is 6.57. The molecule has 2 aromatic rings. The van der Waals surface area contributed by atoms with Crippen molar-refractivity contribution < 1.29 is 28.8 Å². The van der Waals surface area contributed by atoms with E-state index in [1.165, 1.54) is 0 Å². The molecule has 2 saturated heterocycles. The molecule has 146 valence electrons. The van der Waals surface area contributed by atoms with E-state index in [0.717, 1.165) is 18.8 Å². The van der Waals surface area contributed by atoms with E-state index in [1.54, 1.807) is 18.2 Å². The number of benzene rings is 1. The lowest BCUT2D eigenvalue weighted by molar-refractivity contribution is -0.145. The van der Waals surface area contributed by atoms with Crippen LogP contribution < -0.4 is 10.2 Å². The molecule has 2 fully saturated rings. The minimum absolute atomic E-state index is 0.420. The summed E-state index contributed by atoms with van der Waals surface area (Å²) in [4.78, 5) is 26.6. The summed E-state index contributed by atoms with van der Waals surface area (Å²) in [5, 5.41) is 20.2. The summed E-state index contributed by atoms with van der Waals surface area (Å²) in [6, 6.07) is 3.58. The summed E-state index contributed by atoms with van der Waals surface area (Å²) < 4.78 is 15.9. The number of fused-ring (bicyclic) bond motifs is 3. The van der Waals surface area contributed by atoms with Gasteiger partial charge in [0, 0.05) is 13.1 Å². The highest BCUT2D eigenvalue weighted by atomic mass is 16.6. The first-order chi connectivity index (χ1) is 13.6. The first kappa shape index (κ1) is 17.1. The molecule has 4 atom stereocenters. The number of carbonyl (C=O) groups is 2. The molecule has 2 N–H and O–H groups in total. The molecule has 5 rings (SSSR count). The third kappa shape index (κ3) is 2.64. The number of anilines is 2. The summed E-state index contributed by atoms with van der Waals surface area (Å²) in [6.07, 6.45) is 2.33. The van der Waals surface area contributed by atoms with Crippen molar-refractivity contribution >= 4 is 34.3 Å². The molecular weight excluding hydrogens is 368 g/mol. The van der Waals surface area contributed by atoms with Crippen LogP contribution in [0.3, 0.4) is 0 Å². The number of hydrogen-bond acceptors (Lipinski definition) is 8. The topological polar surface area (TPSA) is 127 Å². The minimum Gasteiger partial charge on any atom is -0.481 e. The van der Waals surface area contributed by atoms with Crippen LogP contribution in [0.1, 0.15) is 0 Å². The van der Waals surface area contributed by atoms with E-state index >= 15 is 0 Å². The van der Waals surface area contributed by atoms with E-state index < -0.39 is 35.9 Å². The van der Waals surface area contributed by atoms with Gasteiger partial charge in [0.15, 0.2) is 11.0 Å². The first-order valence-electron chi connectivity index (χ1n) is 9.09. The number of hydrogen-bond donors (Lipinski definition) is 2. The Hall–Kier alpha value is -2.98. The lowest BCUT2D eigenvalue weighted by atomic mass is 9.82. The van der Waals surface area contributed by atoms with Crippen molar-refractivity contribution in [2.24, 2.45) is 11.8 Å². The Morgan fingerprint density at radius 1 is 1.07 bits per heavy atom. The molecular formula is C18H18N4O6. The van der Waals surface area contributed by atoms with Gasteiger partial charge in [-0.2, -0.15) is 0 Å². The van der Waals surface area contributed by atoms with Crippen LogP contribution in [-0.2, 0) is 19.1 Å². The van der Waals surface area contributed by atoms with Gasteiger partial charge in [0.2, 0.25) is 5.91 Å². The average molecular weight is 386 g/mol. The summed E-state index contributed by atoms with van der Waals surface area (Å²) in [7, 11) is 0. The third-order valence-corrected chi connectivity index (χ3v) is 5.49. The average Bonchev–Trinajstić information content (AvgIpc) is 3.44. The Kier molecular flexibility index (Phi) is 4.02. The maximum Gasteiger partial charge on any atom is 0.310 e. The van der Waals surface area contributed by atoms with Crippen molar-refractivity contribution in [3.05, 3.63) is 24.3 Å². The molecule has 0 unspecified atom stereocenters. The predicted molar refractivity (Wildman–Crippen MR) is 95.9 cm³/mol. The lowest BCUT2D eigenvalue weighted by Gasteiger charge is -2.29. The van der Waals surface area contributed by atoms with Gasteiger partial charge >= 0.3 is 5.97 Å². The molecule has 1 aromatic heterocycles. The zero-order chi connectivity index (χ0) is 19.3. The maximum atomic E-state index is 12.9. The maximum absolute atomic E-state index is 12.9. The normalized spacial score (nSPS) is 28.8. The summed E-state index contributed by atoms with van der Waals surface area (Å²) in [6.45, 7) is 2.70. The quantitative estimate of drug-likeness (QED) is 0.728. The van der Waals surface area contributed by atoms with Gasteiger partial charge in [0.05, 0.1) is 42.7 Å². The summed E-state index contributed by atoms with van der Waals surface area (Å²) in [5.41, 5.74) is 2.24. The fraction of sp³-hybridized carbons (Fsp3) is 0.444. The van der Waals surface area contributed by atoms with Crippen LogP contribution in [0.4, 0.5) is 11.4 Å². The van der Waals surface area contributed by atoms with Crippen LogP contribution in [0.2, 0.25) is 0 Å². The van der Waals surface area contributed by atoms with E-state index in [2.05, 4.69) is 20.5 Å². The standard InChI is InChI=1S/C18H18N4O6/c23-17(13-11-3-4-12(27-11)14(13)18(24)25)19-9-1-2-10(16-15(9)20-28-21-16)22-5-7-26-8-6-22/h1-4,11-14H,5-8H2,(H,19,23)(H,24,25)/t11-,12+,13-,14+/m1/s1. The smallest absolute Gasteiger partial charge is 0.310 e. The van der Waals surface area contributed by atoms with Gasteiger partial charge in [-0.1, -0.05) is 12.2 Å². The van der Waals surface area contributed by atoms with Gasteiger partial charge in [-0.15, -0.1) is 0 Å². The Bertz CT molecular complexity index is 966. The molecule has 10 nitrogen and oxygen atoms in total. The third-order valence-electron chi connectivity index (χ3n) is 5.49. The number of amides is 1. The van der Waals surface area contributed by atoms with Gasteiger partial charge in [0.25, 0.3) is 0 Å². The molecule has 0 saturated carbocycles. The van der Waals surface area contributed by atoms with Crippen LogP contribution in [0, 0.1) is 11.8 Å². The van der Waals surface area contributed by atoms with E-state index in [-0.39, 0.29) is 0 Å². The van der Waals surface area contributed by atoms with Crippen molar-refractivity contribution in [1.82, 2.24) is 10.3 Å². The number of ether oxygens (including phenoxy) is 2. The monoisotopic (exact) mass is 386 g/mol. The Morgan fingerprint density at radius 3 is 2.54 bits per heavy atom. The number of carbonyl (C=O) groups excluding carboxylic acids is 1. The Labute approximate surface area is 159 Å². The van der Waals surface area contributed by atoms with Crippen LogP contribution in [0.15, 0.2) is 28.9 Å². The lowest BCUT2D eigenvalue weighted by Crippen LogP contribution is -2.39. The van der Waals surface area contributed by atoms with Crippen molar-refractivity contribution in [2.45, 2.75) is 12.2 Å². The van der Waals surface area contributed by atoms with Crippen LogP contribution in [-0.4, -0.2) is 65.8 Å². The molecule has 0 radical (unpaired) electrons. The number of nitrogens with zero attached hydrogens (tertiary/aromatic N) is 3. The summed E-state index contributed by atoms with van der Waals surface area (Å²) >= 11 is 0.